The highest BCUT2D eigenvalue weighted by Gasteiger charge is 2.13. The molecule has 0 aliphatic carbocycles. The van der Waals surface area contributed by atoms with Gasteiger partial charge >= 0.3 is 0 Å². The molecule has 2 heterocycles. The van der Waals surface area contributed by atoms with E-state index >= 15 is 0 Å². The lowest BCUT2D eigenvalue weighted by Crippen LogP contribution is -1.88. The molecule has 94 valence electrons. The Bertz CT molecular complexity index is 673. The fraction of sp³-hybridized carbons (Fsp3) is 0.375. The number of rotatable bonds is 4. The number of benzene rings is 1. The van der Waals surface area contributed by atoms with E-state index in [0.29, 0.717) is 0 Å². The Balaban J connectivity index is 2.33. The van der Waals surface area contributed by atoms with E-state index in [1.54, 1.807) is 15.8 Å². The molecule has 0 saturated heterocycles. The quantitative estimate of drug-likeness (QED) is 0.545. The van der Waals surface area contributed by atoms with E-state index in [9.17, 15) is 0 Å². The Hall–Kier alpha value is -0.860. The average Bonchev–Trinajstić information content (AvgIpc) is 2.95. The summed E-state index contributed by atoms with van der Waals surface area (Å²) in [6.07, 6.45) is 4.95. The van der Waals surface area contributed by atoms with Gasteiger partial charge in [0.1, 0.15) is 0 Å². The van der Waals surface area contributed by atoms with Gasteiger partial charge in [0, 0.05) is 25.0 Å². The Morgan fingerprint density at radius 3 is 2.50 bits per heavy atom. The van der Waals surface area contributed by atoms with Gasteiger partial charge in [-0.3, -0.25) is 0 Å². The number of fused-ring (bicyclic) bond motifs is 3. The molecule has 3 rings (SSSR count). The normalized spacial score (nSPS) is 11.7. The van der Waals surface area contributed by atoms with Crippen LogP contribution >= 0.6 is 22.7 Å². The molecule has 2 aromatic heterocycles. The van der Waals surface area contributed by atoms with Gasteiger partial charge in [0.2, 0.25) is 0 Å². The average molecular weight is 274 g/mol. The zero-order valence-electron chi connectivity index (χ0n) is 11.0. The molecule has 0 aliphatic heterocycles. The molecule has 2 heteroatoms. The van der Waals surface area contributed by atoms with Gasteiger partial charge in [-0.1, -0.05) is 26.7 Å². The molecule has 3 aromatic rings. The first kappa shape index (κ1) is 12.2. The second kappa shape index (κ2) is 5.02. The maximum atomic E-state index is 2.32. The molecule has 0 atom stereocenters. The van der Waals surface area contributed by atoms with Crippen LogP contribution in [0.25, 0.3) is 20.2 Å². The molecule has 0 radical (unpaired) electrons. The van der Waals surface area contributed by atoms with Gasteiger partial charge < -0.3 is 0 Å². The molecule has 0 amide bonds. The highest BCUT2D eigenvalue weighted by Crippen LogP contribution is 2.39. The van der Waals surface area contributed by atoms with Crippen LogP contribution in [0.5, 0.6) is 0 Å². The van der Waals surface area contributed by atoms with E-state index in [4.69, 9.17) is 0 Å². The van der Waals surface area contributed by atoms with Gasteiger partial charge in [-0.05, 0) is 42.0 Å². The standard InChI is InChI=1S/C16H18S2/c1-3-5-11-14(6-4-2)18-15-8-7-13-12(16(11)15)9-10-17-13/h7-10H,3-6H2,1-2H3. The molecule has 0 aliphatic rings. The molecule has 0 N–H and O–H groups in total. The van der Waals surface area contributed by atoms with E-state index in [1.807, 2.05) is 22.7 Å². The zero-order chi connectivity index (χ0) is 12.5. The third-order valence-corrected chi connectivity index (χ3v) is 5.58. The van der Waals surface area contributed by atoms with Crippen LogP contribution in [-0.2, 0) is 12.8 Å². The van der Waals surface area contributed by atoms with E-state index in [-0.39, 0.29) is 0 Å². The smallest absolute Gasteiger partial charge is 0.0355 e. The molecule has 18 heavy (non-hydrogen) atoms. The first-order valence-corrected chi connectivity index (χ1v) is 8.45. The third kappa shape index (κ3) is 1.88. The SMILES string of the molecule is CCCc1sc2ccc3sccc3c2c1CCC. The molecule has 0 unspecified atom stereocenters. The van der Waals surface area contributed by atoms with Crippen molar-refractivity contribution >= 4 is 42.8 Å². The van der Waals surface area contributed by atoms with Crippen LogP contribution in [0.15, 0.2) is 23.6 Å². The number of hydrogen-bond donors (Lipinski definition) is 0. The highest BCUT2D eigenvalue weighted by molar-refractivity contribution is 7.20. The predicted molar refractivity (Wildman–Crippen MR) is 85.2 cm³/mol. The van der Waals surface area contributed by atoms with Gasteiger partial charge in [-0.25, -0.2) is 0 Å². The molecular formula is C16H18S2. The second-order valence-electron chi connectivity index (χ2n) is 4.77. The van der Waals surface area contributed by atoms with Crippen LogP contribution in [-0.4, -0.2) is 0 Å². The van der Waals surface area contributed by atoms with Crippen molar-refractivity contribution in [1.82, 2.24) is 0 Å². The van der Waals surface area contributed by atoms with Crippen molar-refractivity contribution in [2.45, 2.75) is 39.5 Å². The van der Waals surface area contributed by atoms with Crippen LogP contribution in [0.3, 0.4) is 0 Å². The minimum atomic E-state index is 1.23. The molecule has 1 aromatic carbocycles. The fourth-order valence-electron chi connectivity index (χ4n) is 2.70. The first-order valence-electron chi connectivity index (χ1n) is 6.75. The Kier molecular flexibility index (Phi) is 3.40. The predicted octanol–water partition coefficient (Wildman–Crippen LogP) is 6.02. The summed E-state index contributed by atoms with van der Waals surface area (Å²) < 4.78 is 2.91. The van der Waals surface area contributed by atoms with Crippen LogP contribution in [0, 0.1) is 0 Å². The maximum absolute atomic E-state index is 2.32. The summed E-state index contributed by atoms with van der Waals surface area (Å²) in [5, 5.41) is 5.24. The minimum absolute atomic E-state index is 1.23. The molecular weight excluding hydrogens is 256 g/mol. The summed E-state index contributed by atoms with van der Waals surface area (Å²) in [5.74, 6) is 0. The van der Waals surface area contributed by atoms with Crippen molar-refractivity contribution in [1.29, 1.82) is 0 Å². The van der Waals surface area contributed by atoms with Crippen molar-refractivity contribution in [3.63, 3.8) is 0 Å². The van der Waals surface area contributed by atoms with Crippen molar-refractivity contribution < 1.29 is 0 Å². The van der Waals surface area contributed by atoms with Crippen molar-refractivity contribution in [3.8, 4) is 0 Å². The van der Waals surface area contributed by atoms with Gasteiger partial charge in [0.25, 0.3) is 0 Å². The molecule has 0 nitrogen and oxygen atoms in total. The maximum Gasteiger partial charge on any atom is 0.0355 e. The number of aryl methyl sites for hydroxylation is 2. The summed E-state index contributed by atoms with van der Waals surface area (Å²) in [4.78, 5) is 1.62. The van der Waals surface area contributed by atoms with Crippen LogP contribution in [0.4, 0.5) is 0 Å². The molecule has 0 fully saturated rings. The summed E-state index contributed by atoms with van der Waals surface area (Å²) >= 11 is 3.87. The number of hydrogen-bond acceptors (Lipinski definition) is 2. The monoisotopic (exact) mass is 274 g/mol. The third-order valence-electron chi connectivity index (χ3n) is 3.45. The largest absolute Gasteiger partial charge is 0.144 e. The second-order valence-corrected chi connectivity index (χ2v) is 6.86. The van der Waals surface area contributed by atoms with Crippen LogP contribution < -0.4 is 0 Å². The lowest BCUT2D eigenvalue weighted by Gasteiger charge is -2.02. The molecule has 0 spiro atoms. The van der Waals surface area contributed by atoms with Gasteiger partial charge in [0.15, 0.2) is 0 Å². The topological polar surface area (TPSA) is 0 Å². The minimum Gasteiger partial charge on any atom is -0.144 e. The summed E-state index contributed by atoms with van der Waals surface area (Å²) in [6, 6.07) is 6.89. The van der Waals surface area contributed by atoms with Gasteiger partial charge in [0.05, 0.1) is 0 Å². The summed E-state index contributed by atoms with van der Waals surface area (Å²) in [5.41, 5.74) is 1.63. The van der Waals surface area contributed by atoms with Crippen LogP contribution in [0.2, 0.25) is 0 Å². The van der Waals surface area contributed by atoms with E-state index < -0.39 is 0 Å². The van der Waals surface area contributed by atoms with E-state index in [2.05, 4.69) is 37.4 Å². The zero-order valence-corrected chi connectivity index (χ0v) is 12.6. The highest BCUT2D eigenvalue weighted by atomic mass is 32.1. The summed E-state index contributed by atoms with van der Waals surface area (Å²) in [7, 11) is 0. The van der Waals surface area contributed by atoms with Crippen molar-refractivity contribution in [2.75, 3.05) is 0 Å². The van der Waals surface area contributed by atoms with Crippen molar-refractivity contribution in [2.24, 2.45) is 0 Å². The van der Waals surface area contributed by atoms with E-state index in [1.165, 1.54) is 40.5 Å². The number of thiophene rings is 2. The van der Waals surface area contributed by atoms with Gasteiger partial charge in [-0.2, -0.15) is 0 Å². The van der Waals surface area contributed by atoms with Crippen LogP contribution in [0.1, 0.15) is 37.1 Å². The lowest BCUT2D eigenvalue weighted by molar-refractivity contribution is 0.884. The first-order chi connectivity index (χ1) is 8.85. The lowest BCUT2D eigenvalue weighted by atomic mass is 10.0. The molecule has 0 bridgehead atoms. The van der Waals surface area contributed by atoms with Crippen molar-refractivity contribution in [3.05, 3.63) is 34.0 Å². The Labute approximate surface area is 116 Å². The fourth-order valence-corrected chi connectivity index (χ4v) is 4.86. The summed E-state index contributed by atoms with van der Waals surface area (Å²) in [6.45, 7) is 4.56. The molecule has 0 saturated carbocycles. The Morgan fingerprint density at radius 1 is 0.944 bits per heavy atom. The Morgan fingerprint density at radius 2 is 1.72 bits per heavy atom. The van der Waals surface area contributed by atoms with Gasteiger partial charge in [-0.15, -0.1) is 22.7 Å². The van der Waals surface area contributed by atoms with E-state index in [0.717, 1.165) is 0 Å².